The number of aliphatic hydroxyl groups is 2. The summed E-state index contributed by atoms with van der Waals surface area (Å²) >= 11 is 0. The van der Waals surface area contributed by atoms with E-state index in [1.807, 2.05) is 0 Å². The number of carbonyl (C=O) groups excluding carboxylic acids is 1. The van der Waals surface area contributed by atoms with Gasteiger partial charge in [-0.3, -0.25) is 4.79 Å². The number of amides is 1. The Labute approximate surface area is 231 Å². The van der Waals surface area contributed by atoms with Crippen LogP contribution in [0, 0.1) is 0 Å². The first kappa shape index (κ1) is 36.1. The zero-order valence-corrected chi connectivity index (χ0v) is 25.0. The molecule has 0 aromatic heterocycles. The van der Waals surface area contributed by atoms with Gasteiger partial charge in [0.25, 0.3) is 0 Å². The molecule has 0 aliphatic heterocycles. The van der Waals surface area contributed by atoms with Crippen molar-refractivity contribution in [1.29, 1.82) is 0 Å². The second-order valence-corrected chi connectivity index (χ2v) is 11.2. The topological polar surface area (TPSA) is 69.6 Å². The highest BCUT2D eigenvalue weighted by Gasteiger charge is 2.19. The molecule has 0 aliphatic carbocycles. The maximum absolute atomic E-state index is 12.2. The number of unbranched alkanes of at least 4 members (excludes halogenated alkanes) is 20. The van der Waals surface area contributed by atoms with Crippen molar-refractivity contribution in [2.75, 3.05) is 6.61 Å². The molecule has 0 saturated heterocycles. The molecular weight excluding hydrogens is 458 g/mol. The lowest BCUT2D eigenvalue weighted by atomic mass is 10.0. The fourth-order valence-electron chi connectivity index (χ4n) is 4.95. The highest BCUT2D eigenvalue weighted by Crippen LogP contribution is 2.15. The van der Waals surface area contributed by atoms with Crippen LogP contribution in [0.15, 0.2) is 12.2 Å². The fourth-order valence-corrected chi connectivity index (χ4v) is 4.95. The van der Waals surface area contributed by atoms with Gasteiger partial charge in [0.1, 0.15) is 0 Å². The molecule has 0 spiro atoms. The number of hydrogen-bond donors (Lipinski definition) is 3. The molecule has 4 heteroatoms. The lowest BCUT2D eigenvalue weighted by Crippen LogP contribution is -2.45. The van der Waals surface area contributed by atoms with Gasteiger partial charge in [-0.25, -0.2) is 0 Å². The van der Waals surface area contributed by atoms with Gasteiger partial charge in [0.15, 0.2) is 0 Å². The summed E-state index contributed by atoms with van der Waals surface area (Å²) in [5.74, 6) is -0.0444. The van der Waals surface area contributed by atoms with Gasteiger partial charge in [0.2, 0.25) is 5.91 Å². The van der Waals surface area contributed by atoms with Gasteiger partial charge < -0.3 is 15.5 Å². The van der Waals surface area contributed by atoms with Crippen molar-refractivity contribution in [3.63, 3.8) is 0 Å². The van der Waals surface area contributed by atoms with E-state index in [4.69, 9.17) is 0 Å². The summed E-state index contributed by atoms with van der Waals surface area (Å²) < 4.78 is 0. The van der Waals surface area contributed by atoms with Gasteiger partial charge in [-0.15, -0.1) is 0 Å². The predicted octanol–water partition coefficient (Wildman–Crippen LogP) is 9.17. The Morgan fingerprint density at radius 1 is 0.622 bits per heavy atom. The highest BCUT2D eigenvalue weighted by molar-refractivity contribution is 5.76. The number of carbonyl (C=O) groups is 1. The first-order valence-corrected chi connectivity index (χ1v) is 16.4. The maximum Gasteiger partial charge on any atom is 0.220 e. The van der Waals surface area contributed by atoms with Crippen LogP contribution in [0.5, 0.6) is 0 Å². The van der Waals surface area contributed by atoms with E-state index in [0.717, 1.165) is 32.1 Å². The van der Waals surface area contributed by atoms with E-state index in [0.29, 0.717) is 12.8 Å². The minimum Gasteiger partial charge on any atom is -0.394 e. The number of rotatable bonds is 29. The normalized spacial score (nSPS) is 13.3. The zero-order chi connectivity index (χ0) is 27.2. The van der Waals surface area contributed by atoms with Gasteiger partial charge in [-0.2, -0.15) is 0 Å². The van der Waals surface area contributed by atoms with Crippen LogP contribution in [0.4, 0.5) is 0 Å². The third kappa shape index (κ3) is 26.5. The number of nitrogens with one attached hydrogen (secondary N) is 1. The molecular formula is C33H65NO3. The van der Waals surface area contributed by atoms with Crippen LogP contribution in [0.1, 0.15) is 174 Å². The van der Waals surface area contributed by atoms with E-state index < -0.39 is 12.1 Å². The van der Waals surface area contributed by atoms with E-state index >= 15 is 0 Å². The SMILES string of the molecule is CCC/C=C\CCCCCCCC(=O)NC(CO)C(O)CCCCCCCCCCCCCCCCC. The van der Waals surface area contributed by atoms with E-state index in [1.165, 1.54) is 116 Å². The predicted molar refractivity (Wildman–Crippen MR) is 161 cm³/mol. The van der Waals surface area contributed by atoms with Crippen LogP contribution in [0.2, 0.25) is 0 Å². The number of allylic oxidation sites excluding steroid dienone is 2. The van der Waals surface area contributed by atoms with Gasteiger partial charge >= 0.3 is 0 Å². The Bertz CT molecular complexity index is 494. The van der Waals surface area contributed by atoms with Gasteiger partial charge in [-0.05, 0) is 32.1 Å². The largest absolute Gasteiger partial charge is 0.394 e. The molecule has 220 valence electrons. The van der Waals surface area contributed by atoms with E-state index in [2.05, 4.69) is 31.3 Å². The molecule has 0 fully saturated rings. The summed E-state index contributed by atoms with van der Waals surface area (Å²) in [6.07, 6.45) is 34.0. The first-order valence-electron chi connectivity index (χ1n) is 16.4. The van der Waals surface area contributed by atoms with Crippen molar-refractivity contribution in [3.05, 3.63) is 12.2 Å². The Morgan fingerprint density at radius 3 is 1.59 bits per heavy atom. The highest BCUT2D eigenvalue weighted by atomic mass is 16.3. The molecule has 0 radical (unpaired) electrons. The molecule has 0 heterocycles. The van der Waals surface area contributed by atoms with Gasteiger partial charge in [-0.1, -0.05) is 148 Å². The Hall–Kier alpha value is -0.870. The third-order valence-corrected chi connectivity index (χ3v) is 7.51. The summed E-state index contributed by atoms with van der Waals surface area (Å²) in [6.45, 7) is 4.28. The standard InChI is InChI=1S/C33H65NO3/c1-3-5-7-9-11-13-15-16-17-18-19-20-22-24-26-28-32(36)31(30-35)34-33(37)29-27-25-23-21-14-12-10-8-6-4-2/h8,10,31-32,35-36H,3-7,9,11-30H2,1-2H3,(H,34,37)/b10-8-. The average molecular weight is 524 g/mol. The smallest absolute Gasteiger partial charge is 0.220 e. The molecule has 2 unspecified atom stereocenters. The minimum absolute atomic E-state index is 0.0444. The van der Waals surface area contributed by atoms with Crippen LogP contribution in [0.3, 0.4) is 0 Å². The molecule has 0 aromatic carbocycles. The molecule has 0 aliphatic rings. The molecule has 0 bridgehead atoms. The van der Waals surface area contributed by atoms with Crippen LogP contribution in [-0.2, 0) is 4.79 Å². The van der Waals surface area contributed by atoms with Crippen molar-refractivity contribution in [2.24, 2.45) is 0 Å². The summed E-state index contributed by atoms with van der Waals surface area (Å²) in [5.41, 5.74) is 0. The quantitative estimate of drug-likeness (QED) is 0.0676. The number of aliphatic hydroxyl groups excluding tert-OH is 2. The minimum atomic E-state index is -0.656. The third-order valence-electron chi connectivity index (χ3n) is 7.51. The summed E-state index contributed by atoms with van der Waals surface area (Å²) in [4.78, 5) is 12.2. The molecule has 0 saturated carbocycles. The second kappa shape index (κ2) is 29.7. The molecule has 0 aromatic rings. The van der Waals surface area contributed by atoms with Gasteiger partial charge in [0.05, 0.1) is 18.8 Å². The maximum atomic E-state index is 12.2. The summed E-state index contributed by atoms with van der Waals surface area (Å²) in [5, 5.41) is 22.9. The molecule has 4 nitrogen and oxygen atoms in total. The lowest BCUT2D eigenvalue weighted by Gasteiger charge is -2.22. The van der Waals surface area contributed by atoms with Crippen molar-refractivity contribution < 1.29 is 15.0 Å². The average Bonchev–Trinajstić information content (AvgIpc) is 2.90. The summed E-state index contributed by atoms with van der Waals surface area (Å²) in [6, 6.07) is -0.533. The van der Waals surface area contributed by atoms with Crippen molar-refractivity contribution in [3.8, 4) is 0 Å². The van der Waals surface area contributed by atoms with Crippen molar-refractivity contribution in [1.82, 2.24) is 5.32 Å². The van der Waals surface area contributed by atoms with E-state index in [-0.39, 0.29) is 12.5 Å². The summed E-state index contributed by atoms with van der Waals surface area (Å²) in [7, 11) is 0. The molecule has 37 heavy (non-hydrogen) atoms. The van der Waals surface area contributed by atoms with Crippen LogP contribution < -0.4 is 5.32 Å². The molecule has 3 N–H and O–H groups in total. The second-order valence-electron chi connectivity index (χ2n) is 11.2. The van der Waals surface area contributed by atoms with E-state index in [1.54, 1.807) is 0 Å². The molecule has 2 atom stereocenters. The number of hydrogen-bond acceptors (Lipinski definition) is 3. The van der Waals surface area contributed by atoms with Crippen molar-refractivity contribution >= 4 is 5.91 Å². The Morgan fingerprint density at radius 2 is 1.08 bits per heavy atom. The first-order chi connectivity index (χ1) is 18.2. The zero-order valence-electron chi connectivity index (χ0n) is 25.0. The van der Waals surface area contributed by atoms with Crippen molar-refractivity contribution in [2.45, 2.75) is 187 Å². The molecule has 0 rings (SSSR count). The Balaban J connectivity index is 3.57. The molecule has 1 amide bonds. The van der Waals surface area contributed by atoms with Crippen LogP contribution >= 0.6 is 0 Å². The van der Waals surface area contributed by atoms with E-state index in [9.17, 15) is 15.0 Å². The monoisotopic (exact) mass is 523 g/mol. The fraction of sp³-hybridized carbons (Fsp3) is 0.909. The van der Waals surface area contributed by atoms with Crippen LogP contribution in [-0.4, -0.2) is 34.9 Å². The Kier molecular flexibility index (Phi) is 29.0. The van der Waals surface area contributed by atoms with Gasteiger partial charge in [0, 0.05) is 6.42 Å². The lowest BCUT2D eigenvalue weighted by molar-refractivity contribution is -0.123. The van der Waals surface area contributed by atoms with Crippen LogP contribution in [0.25, 0.3) is 0 Å².